The number of hydrogen-bond acceptors (Lipinski definition) is 5. The van der Waals surface area contributed by atoms with Gasteiger partial charge in [-0.05, 0) is 37.3 Å². The Morgan fingerprint density at radius 3 is 2.46 bits per heavy atom. The van der Waals surface area contributed by atoms with Gasteiger partial charge in [0.1, 0.15) is 17.7 Å². The van der Waals surface area contributed by atoms with Crippen molar-refractivity contribution in [1.82, 2.24) is 4.47 Å². The lowest BCUT2D eigenvalue weighted by Crippen LogP contribution is -2.26. The van der Waals surface area contributed by atoms with Crippen molar-refractivity contribution < 1.29 is 31.6 Å². The fourth-order valence-corrected chi connectivity index (χ4v) is 3.17. The highest BCUT2D eigenvalue weighted by Gasteiger charge is 2.23. The molecule has 0 aliphatic heterocycles. The van der Waals surface area contributed by atoms with Crippen LogP contribution in [0, 0.1) is 11.6 Å². The Labute approximate surface area is 150 Å². The van der Waals surface area contributed by atoms with Gasteiger partial charge in [-0.3, -0.25) is 4.84 Å². The lowest BCUT2D eigenvalue weighted by molar-refractivity contribution is -0.0258. The molecule has 0 saturated heterocycles. The van der Waals surface area contributed by atoms with E-state index >= 15 is 0 Å². The fourth-order valence-electron chi connectivity index (χ4n) is 2.15. The third-order valence-corrected chi connectivity index (χ3v) is 5.32. The third kappa shape index (κ3) is 4.24. The standard InChI is InChI=1S/C17H17F2NO5S/c1-11(15-8-7-13(18)10-16(15)19)25-17(21)12-5-4-6-14(9-12)26(22,23)20(2)24-3/h4-11H,1-3H3. The van der Waals surface area contributed by atoms with Crippen molar-refractivity contribution in [2.24, 2.45) is 0 Å². The van der Waals surface area contributed by atoms with E-state index in [0.717, 1.165) is 12.1 Å². The van der Waals surface area contributed by atoms with Crippen molar-refractivity contribution >= 4 is 16.0 Å². The third-order valence-electron chi connectivity index (χ3n) is 3.65. The molecule has 6 nitrogen and oxygen atoms in total. The van der Waals surface area contributed by atoms with E-state index in [-0.39, 0.29) is 16.0 Å². The molecule has 0 N–H and O–H groups in total. The second-order valence-corrected chi connectivity index (χ2v) is 7.27. The first-order chi connectivity index (χ1) is 12.2. The number of nitrogens with zero attached hydrogens (tertiary/aromatic N) is 1. The van der Waals surface area contributed by atoms with Crippen LogP contribution in [0.4, 0.5) is 8.78 Å². The van der Waals surface area contributed by atoms with Gasteiger partial charge < -0.3 is 4.74 Å². The molecule has 1 unspecified atom stereocenters. The van der Waals surface area contributed by atoms with Crippen molar-refractivity contribution in [3.8, 4) is 0 Å². The van der Waals surface area contributed by atoms with Crippen molar-refractivity contribution in [1.29, 1.82) is 0 Å². The first kappa shape index (κ1) is 20.0. The number of carbonyl (C=O) groups excluding carboxylic acids is 1. The van der Waals surface area contributed by atoms with Crippen LogP contribution in [0.15, 0.2) is 47.4 Å². The van der Waals surface area contributed by atoms with E-state index in [4.69, 9.17) is 4.74 Å². The minimum absolute atomic E-state index is 0.00245. The monoisotopic (exact) mass is 385 g/mol. The van der Waals surface area contributed by atoms with Gasteiger partial charge >= 0.3 is 5.97 Å². The highest BCUT2D eigenvalue weighted by Crippen LogP contribution is 2.23. The summed E-state index contributed by atoms with van der Waals surface area (Å²) in [5, 5.41) is 0. The molecule has 0 fully saturated rings. The van der Waals surface area contributed by atoms with E-state index in [1.165, 1.54) is 45.3 Å². The largest absolute Gasteiger partial charge is 0.454 e. The van der Waals surface area contributed by atoms with Gasteiger partial charge in [-0.1, -0.05) is 10.5 Å². The molecule has 0 bridgehead atoms. The van der Waals surface area contributed by atoms with Gasteiger partial charge in [0.05, 0.1) is 17.6 Å². The maximum Gasteiger partial charge on any atom is 0.338 e. The molecule has 2 aromatic rings. The van der Waals surface area contributed by atoms with Crippen LogP contribution in [0.3, 0.4) is 0 Å². The Kier molecular flexibility index (Phi) is 6.06. The number of hydrogen-bond donors (Lipinski definition) is 0. The quantitative estimate of drug-likeness (QED) is 0.564. The fraction of sp³-hybridized carbons (Fsp3) is 0.235. The predicted octanol–water partition coefficient (Wildman–Crippen LogP) is 3.06. The molecule has 0 amide bonds. The second kappa shape index (κ2) is 7.90. The van der Waals surface area contributed by atoms with Crippen LogP contribution in [0.1, 0.15) is 28.9 Å². The Hall–Kier alpha value is -2.36. The van der Waals surface area contributed by atoms with Gasteiger partial charge in [0.25, 0.3) is 10.0 Å². The first-order valence-corrected chi connectivity index (χ1v) is 8.90. The first-order valence-electron chi connectivity index (χ1n) is 7.46. The number of benzene rings is 2. The minimum Gasteiger partial charge on any atom is -0.454 e. The Bertz CT molecular complexity index is 917. The van der Waals surface area contributed by atoms with Gasteiger partial charge in [0, 0.05) is 18.7 Å². The van der Waals surface area contributed by atoms with Gasteiger partial charge in [0.2, 0.25) is 0 Å². The van der Waals surface area contributed by atoms with Crippen LogP contribution in [0.25, 0.3) is 0 Å². The number of halogens is 2. The van der Waals surface area contributed by atoms with E-state index in [1.54, 1.807) is 0 Å². The topological polar surface area (TPSA) is 72.9 Å². The summed E-state index contributed by atoms with van der Waals surface area (Å²) in [7, 11) is -1.54. The molecule has 0 aliphatic carbocycles. The van der Waals surface area contributed by atoms with Crippen LogP contribution in [-0.4, -0.2) is 33.0 Å². The number of hydroxylamine groups is 1. The molecule has 0 aliphatic rings. The molecule has 0 aromatic heterocycles. The summed E-state index contributed by atoms with van der Waals surface area (Å²) in [5.74, 6) is -2.44. The number of rotatable bonds is 6. The number of carbonyl (C=O) groups is 1. The smallest absolute Gasteiger partial charge is 0.338 e. The average molecular weight is 385 g/mol. The molecule has 9 heteroatoms. The van der Waals surface area contributed by atoms with Crippen LogP contribution < -0.4 is 0 Å². The molecular formula is C17H17F2NO5S. The normalized spacial score (nSPS) is 12.8. The summed E-state index contributed by atoms with van der Waals surface area (Å²) in [5.41, 5.74) is -0.0346. The summed E-state index contributed by atoms with van der Waals surface area (Å²) in [6.07, 6.45) is -0.995. The lowest BCUT2D eigenvalue weighted by atomic mass is 10.1. The molecule has 1 atom stereocenters. The highest BCUT2D eigenvalue weighted by molar-refractivity contribution is 7.89. The maximum absolute atomic E-state index is 13.8. The van der Waals surface area contributed by atoms with Crippen molar-refractivity contribution in [3.05, 3.63) is 65.2 Å². The van der Waals surface area contributed by atoms with Gasteiger partial charge in [-0.25, -0.2) is 22.0 Å². The summed E-state index contributed by atoms with van der Waals surface area (Å²) in [6, 6.07) is 8.07. The maximum atomic E-state index is 13.8. The van der Waals surface area contributed by atoms with Crippen LogP contribution in [0.2, 0.25) is 0 Å². The van der Waals surface area contributed by atoms with E-state index in [0.29, 0.717) is 10.5 Å². The molecule has 0 heterocycles. The van der Waals surface area contributed by atoms with E-state index in [2.05, 4.69) is 4.84 Å². The molecule has 26 heavy (non-hydrogen) atoms. The zero-order valence-electron chi connectivity index (χ0n) is 14.3. The van der Waals surface area contributed by atoms with E-state index in [9.17, 15) is 22.0 Å². The second-order valence-electron chi connectivity index (χ2n) is 5.34. The summed E-state index contributed by atoms with van der Waals surface area (Å²) in [4.78, 5) is 16.8. The van der Waals surface area contributed by atoms with Crippen molar-refractivity contribution in [2.75, 3.05) is 14.2 Å². The molecular weight excluding hydrogens is 368 g/mol. The SMILES string of the molecule is CON(C)S(=O)(=O)c1cccc(C(=O)OC(C)c2ccc(F)cc2F)c1. The highest BCUT2D eigenvalue weighted by atomic mass is 32.2. The number of sulfonamides is 1. The summed E-state index contributed by atoms with van der Waals surface area (Å²) in [6.45, 7) is 1.42. The number of ether oxygens (including phenoxy) is 1. The Balaban J connectivity index is 2.24. The molecule has 0 spiro atoms. The van der Waals surface area contributed by atoms with Gasteiger partial charge in [0.15, 0.2) is 0 Å². The Morgan fingerprint density at radius 1 is 1.15 bits per heavy atom. The zero-order valence-corrected chi connectivity index (χ0v) is 15.1. The molecule has 140 valence electrons. The minimum atomic E-state index is -3.94. The lowest BCUT2D eigenvalue weighted by Gasteiger charge is -2.16. The van der Waals surface area contributed by atoms with Crippen LogP contribution >= 0.6 is 0 Å². The predicted molar refractivity (Wildman–Crippen MR) is 88.6 cm³/mol. The molecule has 0 saturated carbocycles. The molecule has 2 aromatic carbocycles. The number of esters is 1. The Morgan fingerprint density at radius 2 is 1.85 bits per heavy atom. The van der Waals surface area contributed by atoms with E-state index < -0.39 is 33.7 Å². The van der Waals surface area contributed by atoms with Crippen molar-refractivity contribution in [2.45, 2.75) is 17.9 Å². The molecule has 2 rings (SSSR count). The van der Waals surface area contributed by atoms with E-state index in [1.807, 2.05) is 0 Å². The van der Waals surface area contributed by atoms with Crippen LogP contribution in [0.5, 0.6) is 0 Å². The van der Waals surface area contributed by atoms with Crippen molar-refractivity contribution in [3.63, 3.8) is 0 Å². The zero-order chi connectivity index (χ0) is 19.5. The summed E-state index contributed by atoms with van der Waals surface area (Å²) >= 11 is 0. The van der Waals surface area contributed by atoms with Gasteiger partial charge in [-0.2, -0.15) is 0 Å². The average Bonchev–Trinajstić information content (AvgIpc) is 2.60. The van der Waals surface area contributed by atoms with Gasteiger partial charge in [-0.15, -0.1) is 0 Å². The van der Waals surface area contributed by atoms with Crippen LogP contribution in [-0.2, 0) is 19.6 Å². The summed E-state index contributed by atoms with van der Waals surface area (Å²) < 4.78 is 57.0. The molecule has 0 radical (unpaired) electrons.